The topological polar surface area (TPSA) is 29.0 Å². The smallest absolute Gasteiger partial charge is 0.151 e. The van der Waals surface area contributed by atoms with Crippen LogP contribution in [0.25, 0.3) is 0 Å². The molecule has 5 heteroatoms. The van der Waals surface area contributed by atoms with E-state index in [2.05, 4.69) is 16.3 Å². The molecule has 0 radical (unpaired) electrons. The third kappa shape index (κ3) is 2.20. The summed E-state index contributed by atoms with van der Waals surface area (Å²) in [5.41, 5.74) is 2.39. The van der Waals surface area contributed by atoms with Crippen molar-refractivity contribution in [3.05, 3.63) is 17.3 Å². The monoisotopic (exact) mass is 267 g/mol. The van der Waals surface area contributed by atoms with Crippen LogP contribution in [0.2, 0.25) is 0 Å². The number of aromatic nitrogens is 2. The first-order chi connectivity index (χ1) is 8.75. The zero-order valence-electron chi connectivity index (χ0n) is 10.6. The summed E-state index contributed by atoms with van der Waals surface area (Å²) >= 11 is 1.93. The van der Waals surface area contributed by atoms with Gasteiger partial charge in [0.25, 0.3) is 0 Å². The molecule has 1 aliphatic heterocycles. The molecule has 3 nitrogen and oxygen atoms in total. The fourth-order valence-corrected chi connectivity index (χ4v) is 3.76. The Morgan fingerprint density at radius 3 is 3.06 bits per heavy atom. The number of anilines is 1. The van der Waals surface area contributed by atoms with Gasteiger partial charge in [0, 0.05) is 19.2 Å². The molecule has 1 fully saturated rings. The van der Waals surface area contributed by atoms with E-state index in [-0.39, 0.29) is 6.04 Å². The number of alkyl halides is 1. The third-order valence-electron chi connectivity index (χ3n) is 3.94. The zero-order chi connectivity index (χ0) is 12.5. The first-order valence-corrected chi connectivity index (χ1v) is 7.71. The number of hydrogen-bond donors (Lipinski definition) is 0. The second-order valence-corrected chi connectivity index (χ2v) is 6.21. The minimum absolute atomic E-state index is 0.0198. The van der Waals surface area contributed by atoms with Gasteiger partial charge in [-0.3, -0.25) is 0 Å². The first-order valence-electron chi connectivity index (χ1n) is 6.56. The predicted molar refractivity (Wildman–Crippen MR) is 72.8 cm³/mol. The highest BCUT2D eigenvalue weighted by molar-refractivity contribution is 7.98. The van der Waals surface area contributed by atoms with Gasteiger partial charge in [0.2, 0.25) is 0 Å². The highest BCUT2D eigenvalue weighted by Gasteiger charge is 2.31. The zero-order valence-corrected chi connectivity index (χ0v) is 11.4. The van der Waals surface area contributed by atoms with Crippen LogP contribution < -0.4 is 4.90 Å². The quantitative estimate of drug-likeness (QED) is 0.823. The van der Waals surface area contributed by atoms with Crippen molar-refractivity contribution in [1.29, 1.82) is 0 Å². The standard InChI is InChI=1S/C13H18FN3S/c1-17(12-4-2-3-10(12)14)13-7-9-8-18-6-5-11(9)15-16-13/h7,10,12H,2-6,8H2,1H3. The van der Waals surface area contributed by atoms with Gasteiger partial charge < -0.3 is 4.90 Å². The molecule has 0 bridgehead atoms. The predicted octanol–water partition coefficient (Wildman–Crippen LogP) is 2.59. The number of fused-ring (bicyclic) bond motifs is 1. The maximum atomic E-state index is 13.8. The average molecular weight is 267 g/mol. The van der Waals surface area contributed by atoms with Crippen molar-refractivity contribution in [2.45, 2.75) is 43.6 Å². The molecule has 1 aromatic heterocycles. The number of rotatable bonds is 2. The van der Waals surface area contributed by atoms with Crippen molar-refractivity contribution in [1.82, 2.24) is 10.2 Å². The molecule has 2 unspecified atom stereocenters. The van der Waals surface area contributed by atoms with E-state index in [1.165, 1.54) is 5.56 Å². The normalized spacial score (nSPS) is 27.0. The Morgan fingerprint density at radius 1 is 1.39 bits per heavy atom. The molecule has 3 rings (SSSR count). The van der Waals surface area contributed by atoms with Gasteiger partial charge >= 0.3 is 0 Å². The molecule has 2 aliphatic rings. The van der Waals surface area contributed by atoms with Crippen LogP contribution in [0.4, 0.5) is 10.2 Å². The van der Waals surface area contributed by atoms with Crippen LogP contribution in [0.1, 0.15) is 30.5 Å². The molecule has 2 atom stereocenters. The molecular weight excluding hydrogens is 249 g/mol. The molecule has 0 saturated heterocycles. The second kappa shape index (κ2) is 5.03. The molecule has 0 aromatic carbocycles. The van der Waals surface area contributed by atoms with Gasteiger partial charge in [0.15, 0.2) is 5.82 Å². The highest BCUT2D eigenvalue weighted by atomic mass is 32.2. The van der Waals surface area contributed by atoms with Gasteiger partial charge in [-0.15, -0.1) is 5.10 Å². The van der Waals surface area contributed by atoms with E-state index in [1.807, 2.05) is 23.7 Å². The largest absolute Gasteiger partial charge is 0.352 e. The summed E-state index contributed by atoms with van der Waals surface area (Å²) in [6.07, 6.45) is 2.87. The van der Waals surface area contributed by atoms with Crippen LogP contribution in [0.5, 0.6) is 0 Å². The maximum Gasteiger partial charge on any atom is 0.151 e. The van der Waals surface area contributed by atoms with Gasteiger partial charge in [0.1, 0.15) is 6.17 Å². The molecule has 0 amide bonds. The van der Waals surface area contributed by atoms with Crippen LogP contribution in [-0.4, -0.2) is 35.2 Å². The van der Waals surface area contributed by atoms with Gasteiger partial charge in [0.05, 0.1) is 11.7 Å². The van der Waals surface area contributed by atoms with E-state index < -0.39 is 6.17 Å². The molecule has 2 heterocycles. The third-order valence-corrected chi connectivity index (χ3v) is 4.95. The van der Waals surface area contributed by atoms with E-state index in [1.54, 1.807) is 0 Å². The summed E-state index contributed by atoms with van der Waals surface area (Å²) in [6, 6.07) is 2.08. The lowest BCUT2D eigenvalue weighted by molar-refractivity contribution is 0.306. The molecule has 1 aromatic rings. The van der Waals surface area contributed by atoms with E-state index in [0.717, 1.165) is 42.3 Å². The van der Waals surface area contributed by atoms with Gasteiger partial charge in [-0.05, 0) is 36.6 Å². The highest BCUT2D eigenvalue weighted by Crippen LogP contribution is 2.30. The first kappa shape index (κ1) is 12.2. The minimum atomic E-state index is -0.720. The lowest BCUT2D eigenvalue weighted by Gasteiger charge is -2.27. The summed E-state index contributed by atoms with van der Waals surface area (Å²) < 4.78 is 13.8. The van der Waals surface area contributed by atoms with E-state index in [4.69, 9.17) is 0 Å². The Morgan fingerprint density at radius 2 is 2.28 bits per heavy atom. The van der Waals surface area contributed by atoms with E-state index in [9.17, 15) is 4.39 Å². The van der Waals surface area contributed by atoms with Crippen LogP contribution in [-0.2, 0) is 12.2 Å². The molecule has 98 valence electrons. The van der Waals surface area contributed by atoms with Crippen LogP contribution >= 0.6 is 11.8 Å². The Bertz CT molecular complexity index is 440. The molecule has 0 spiro atoms. The van der Waals surface area contributed by atoms with Crippen molar-refractivity contribution in [3.63, 3.8) is 0 Å². The fraction of sp³-hybridized carbons (Fsp3) is 0.692. The van der Waals surface area contributed by atoms with E-state index in [0.29, 0.717) is 6.42 Å². The minimum Gasteiger partial charge on any atom is -0.352 e. The fourth-order valence-electron chi connectivity index (χ4n) is 2.80. The number of hydrogen-bond acceptors (Lipinski definition) is 4. The summed E-state index contributed by atoms with van der Waals surface area (Å²) in [6.45, 7) is 0. The molecule has 18 heavy (non-hydrogen) atoms. The van der Waals surface area contributed by atoms with Gasteiger partial charge in [-0.25, -0.2) is 4.39 Å². The lowest BCUT2D eigenvalue weighted by Crippen LogP contribution is -2.36. The Kier molecular flexibility index (Phi) is 3.41. The Hall–Kier alpha value is -0.840. The Balaban J connectivity index is 1.83. The molecule has 1 saturated carbocycles. The van der Waals surface area contributed by atoms with Crippen LogP contribution in [0.3, 0.4) is 0 Å². The van der Waals surface area contributed by atoms with Crippen LogP contribution in [0.15, 0.2) is 6.07 Å². The van der Waals surface area contributed by atoms with Crippen molar-refractivity contribution in [2.24, 2.45) is 0 Å². The number of nitrogens with zero attached hydrogens (tertiary/aromatic N) is 3. The van der Waals surface area contributed by atoms with Crippen molar-refractivity contribution >= 4 is 17.6 Å². The molecule has 1 aliphatic carbocycles. The van der Waals surface area contributed by atoms with Gasteiger partial charge in [-0.1, -0.05) is 0 Å². The Labute approximate surface area is 111 Å². The summed E-state index contributed by atoms with van der Waals surface area (Å²) in [5, 5.41) is 8.58. The SMILES string of the molecule is CN(c1cc2c(nn1)CCSC2)C1CCCC1F. The molecular formula is C13H18FN3S. The summed E-state index contributed by atoms with van der Waals surface area (Å²) in [4.78, 5) is 1.98. The number of halogens is 1. The van der Waals surface area contributed by atoms with E-state index >= 15 is 0 Å². The number of aryl methyl sites for hydroxylation is 1. The average Bonchev–Trinajstić information content (AvgIpc) is 2.83. The molecule has 0 N–H and O–H groups in total. The summed E-state index contributed by atoms with van der Waals surface area (Å²) in [5.74, 6) is 2.97. The number of thioether (sulfide) groups is 1. The maximum absolute atomic E-state index is 13.8. The van der Waals surface area contributed by atoms with Crippen molar-refractivity contribution < 1.29 is 4.39 Å². The van der Waals surface area contributed by atoms with Crippen LogP contribution in [0, 0.1) is 0 Å². The summed E-state index contributed by atoms with van der Waals surface area (Å²) in [7, 11) is 1.94. The van der Waals surface area contributed by atoms with Crippen molar-refractivity contribution in [2.75, 3.05) is 17.7 Å². The van der Waals surface area contributed by atoms with Gasteiger partial charge in [-0.2, -0.15) is 16.9 Å². The second-order valence-electron chi connectivity index (χ2n) is 5.10. The van der Waals surface area contributed by atoms with Crippen molar-refractivity contribution in [3.8, 4) is 0 Å². The lowest BCUT2D eigenvalue weighted by atomic mass is 10.1.